The summed E-state index contributed by atoms with van der Waals surface area (Å²) < 4.78 is 0. The Morgan fingerprint density at radius 3 is 2.60 bits per heavy atom. The Kier molecular flexibility index (Phi) is 5.40. The molecule has 2 unspecified atom stereocenters. The third-order valence-corrected chi connectivity index (χ3v) is 5.02. The fourth-order valence-electron chi connectivity index (χ4n) is 3.26. The lowest BCUT2D eigenvalue weighted by Gasteiger charge is -2.22. The Morgan fingerprint density at radius 1 is 1.24 bits per heavy atom. The molecule has 0 saturated heterocycles. The second kappa shape index (κ2) is 7.72. The van der Waals surface area contributed by atoms with Crippen molar-refractivity contribution in [3.8, 4) is 6.07 Å². The van der Waals surface area contributed by atoms with Crippen molar-refractivity contribution in [1.82, 2.24) is 4.90 Å². The van der Waals surface area contributed by atoms with Crippen LogP contribution in [0.25, 0.3) is 0 Å². The molecule has 0 aromatic heterocycles. The van der Waals surface area contributed by atoms with Crippen LogP contribution in [-0.4, -0.2) is 17.4 Å². The number of amides is 1. The van der Waals surface area contributed by atoms with Gasteiger partial charge in [0, 0.05) is 24.0 Å². The first-order valence-electron chi connectivity index (χ1n) is 8.66. The van der Waals surface area contributed by atoms with Gasteiger partial charge in [0.15, 0.2) is 0 Å². The lowest BCUT2D eigenvalue weighted by atomic mass is 10.1. The summed E-state index contributed by atoms with van der Waals surface area (Å²) in [7, 11) is 0. The lowest BCUT2D eigenvalue weighted by Crippen LogP contribution is -2.32. The quantitative estimate of drug-likeness (QED) is 0.752. The van der Waals surface area contributed by atoms with Gasteiger partial charge in [-0.15, -0.1) is 0 Å². The molecule has 0 aliphatic heterocycles. The molecule has 1 aliphatic rings. The zero-order valence-electron chi connectivity index (χ0n) is 14.3. The van der Waals surface area contributed by atoms with Gasteiger partial charge in [0.2, 0.25) is 5.91 Å². The summed E-state index contributed by atoms with van der Waals surface area (Å²) in [6.45, 7) is 3.41. The van der Waals surface area contributed by atoms with E-state index in [0.29, 0.717) is 12.1 Å². The number of carbonyl (C=O) groups is 1. The van der Waals surface area contributed by atoms with Crippen LogP contribution in [-0.2, 0) is 11.3 Å². The van der Waals surface area contributed by atoms with Gasteiger partial charge in [-0.3, -0.25) is 4.79 Å². The van der Waals surface area contributed by atoms with Gasteiger partial charge in [0.1, 0.15) is 0 Å². The molecule has 3 nitrogen and oxygen atoms in total. The number of rotatable bonds is 6. The van der Waals surface area contributed by atoms with Crippen LogP contribution in [0, 0.1) is 17.2 Å². The SMILES string of the molecule is CCCN(Cc1ccc(C#N)cc1)C(=O)C1CC1c1ccccc1Cl. The standard InChI is InChI=1S/C21H21ClN2O/c1-2-11-24(14-16-9-7-15(13-23)8-10-16)21(25)19-12-18(19)17-5-3-4-6-20(17)22/h3-10,18-19H,2,11-12,14H2,1H3. The highest BCUT2D eigenvalue weighted by molar-refractivity contribution is 6.31. The zero-order chi connectivity index (χ0) is 17.8. The summed E-state index contributed by atoms with van der Waals surface area (Å²) in [5.41, 5.74) is 2.77. The predicted octanol–water partition coefficient (Wildman–Crippen LogP) is 4.75. The Morgan fingerprint density at radius 2 is 1.96 bits per heavy atom. The Balaban J connectivity index is 1.69. The molecule has 0 bridgehead atoms. The molecule has 0 heterocycles. The number of benzene rings is 2. The molecule has 1 fully saturated rings. The highest BCUT2D eigenvalue weighted by atomic mass is 35.5. The van der Waals surface area contributed by atoms with E-state index in [0.717, 1.165) is 35.5 Å². The number of hydrogen-bond donors (Lipinski definition) is 0. The molecule has 1 amide bonds. The van der Waals surface area contributed by atoms with Crippen LogP contribution in [0.1, 0.15) is 42.4 Å². The molecule has 2 aromatic carbocycles. The fraction of sp³-hybridized carbons (Fsp3) is 0.333. The molecule has 3 rings (SSSR count). The minimum Gasteiger partial charge on any atom is -0.338 e. The first-order valence-corrected chi connectivity index (χ1v) is 9.04. The number of hydrogen-bond acceptors (Lipinski definition) is 2. The highest BCUT2D eigenvalue weighted by Gasteiger charge is 2.46. The number of nitriles is 1. The van der Waals surface area contributed by atoms with Crippen molar-refractivity contribution < 1.29 is 4.79 Å². The van der Waals surface area contributed by atoms with Gasteiger partial charge in [-0.1, -0.05) is 48.9 Å². The summed E-state index contributed by atoms with van der Waals surface area (Å²) in [5.74, 6) is 0.475. The predicted molar refractivity (Wildman–Crippen MR) is 99.2 cm³/mol. The van der Waals surface area contributed by atoms with Crippen molar-refractivity contribution in [2.45, 2.75) is 32.2 Å². The van der Waals surface area contributed by atoms with Crippen molar-refractivity contribution in [1.29, 1.82) is 5.26 Å². The summed E-state index contributed by atoms with van der Waals surface area (Å²) >= 11 is 6.28. The van der Waals surface area contributed by atoms with Crippen LogP contribution in [0.5, 0.6) is 0 Å². The molecule has 25 heavy (non-hydrogen) atoms. The zero-order valence-corrected chi connectivity index (χ0v) is 15.0. The maximum absolute atomic E-state index is 12.9. The first kappa shape index (κ1) is 17.5. The molecule has 1 aliphatic carbocycles. The van der Waals surface area contributed by atoms with Crippen molar-refractivity contribution >= 4 is 17.5 Å². The molecular weight excluding hydrogens is 332 g/mol. The topological polar surface area (TPSA) is 44.1 Å². The van der Waals surface area contributed by atoms with E-state index in [2.05, 4.69) is 13.0 Å². The summed E-state index contributed by atoms with van der Waals surface area (Å²) in [5, 5.41) is 9.65. The van der Waals surface area contributed by atoms with Gasteiger partial charge in [-0.25, -0.2) is 0 Å². The van der Waals surface area contributed by atoms with Gasteiger partial charge in [0.25, 0.3) is 0 Å². The molecule has 2 atom stereocenters. The van der Waals surface area contributed by atoms with Crippen LogP contribution < -0.4 is 0 Å². The lowest BCUT2D eigenvalue weighted by molar-refractivity contribution is -0.133. The normalized spacial score (nSPS) is 18.4. The molecule has 1 saturated carbocycles. The Hall–Kier alpha value is -2.31. The molecule has 128 valence electrons. The van der Waals surface area contributed by atoms with Crippen LogP contribution >= 0.6 is 11.6 Å². The summed E-state index contributed by atoms with van der Waals surface area (Å²) in [6, 6.07) is 17.4. The number of nitrogens with zero attached hydrogens (tertiary/aromatic N) is 2. The third kappa shape index (κ3) is 4.03. The van der Waals surface area contributed by atoms with E-state index in [1.165, 1.54) is 0 Å². The first-order chi connectivity index (χ1) is 12.1. The van der Waals surface area contributed by atoms with Crippen LogP contribution in [0.3, 0.4) is 0 Å². The van der Waals surface area contributed by atoms with Gasteiger partial charge in [-0.2, -0.15) is 5.26 Å². The van der Waals surface area contributed by atoms with Crippen molar-refractivity contribution in [3.05, 3.63) is 70.2 Å². The van der Waals surface area contributed by atoms with Crippen molar-refractivity contribution in [3.63, 3.8) is 0 Å². The van der Waals surface area contributed by atoms with E-state index in [-0.39, 0.29) is 17.7 Å². The number of carbonyl (C=O) groups excluding carboxylic acids is 1. The molecule has 4 heteroatoms. The van der Waals surface area contributed by atoms with E-state index >= 15 is 0 Å². The molecular formula is C21H21ClN2O. The minimum atomic E-state index is 0.0323. The molecule has 0 N–H and O–H groups in total. The van der Waals surface area contributed by atoms with Crippen molar-refractivity contribution in [2.24, 2.45) is 5.92 Å². The van der Waals surface area contributed by atoms with Gasteiger partial charge >= 0.3 is 0 Å². The smallest absolute Gasteiger partial charge is 0.226 e. The number of halogens is 1. The fourth-order valence-corrected chi connectivity index (χ4v) is 3.54. The molecule has 0 spiro atoms. The van der Waals surface area contributed by atoms with E-state index in [1.807, 2.05) is 41.3 Å². The van der Waals surface area contributed by atoms with E-state index in [1.54, 1.807) is 12.1 Å². The monoisotopic (exact) mass is 352 g/mol. The Labute approximate surface area is 153 Å². The maximum Gasteiger partial charge on any atom is 0.226 e. The summed E-state index contributed by atoms with van der Waals surface area (Å²) in [6.07, 6.45) is 1.79. The van der Waals surface area contributed by atoms with Gasteiger partial charge in [0.05, 0.1) is 11.6 Å². The second-order valence-corrected chi connectivity index (χ2v) is 6.95. The van der Waals surface area contributed by atoms with Gasteiger partial charge < -0.3 is 4.90 Å². The van der Waals surface area contributed by atoms with Crippen LogP contribution in [0.4, 0.5) is 0 Å². The van der Waals surface area contributed by atoms with Gasteiger partial charge in [-0.05, 0) is 48.1 Å². The molecule has 2 aromatic rings. The van der Waals surface area contributed by atoms with Crippen LogP contribution in [0.2, 0.25) is 5.02 Å². The third-order valence-electron chi connectivity index (χ3n) is 4.67. The average molecular weight is 353 g/mol. The highest BCUT2D eigenvalue weighted by Crippen LogP contribution is 2.50. The molecule has 0 radical (unpaired) electrons. The Bertz CT molecular complexity index is 794. The van der Waals surface area contributed by atoms with Crippen LogP contribution in [0.15, 0.2) is 48.5 Å². The minimum absolute atomic E-state index is 0.0323. The van der Waals surface area contributed by atoms with E-state index in [9.17, 15) is 4.79 Å². The summed E-state index contributed by atoms with van der Waals surface area (Å²) in [4.78, 5) is 14.9. The largest absolute Gasteiger partial charge is 0.338 e. The van der Waals surface area contributed by atoms with E-state index in [4.69, 9.17) is 16.9 Å². The average Bonchev–Trinajstić information content (AvgIpc) is 3.42. The van der Waals surface area contributed by atoms with Crippen molar-refractivity contribution in [2.75, 3.05) is 6.54 Å². The maximum atomic E-state index is 12.9. The second-order valence-electron chi connectivity index (χ2n) is 6.54. The van der Waals surface area contributed by atoms with E-state index < -0.39 is 0 Å².